The fourth-order valence-electron chi connectivity index (χ4n) is 9.38. The molecule has 8 rings (SSSR count). The number of phenols is 1. The zero-order chi connectivity index (χ0) is 49.9. The molecule has 4 heterocycles. The molecule has 4 aromatic rings. The fourth-order valence-corrected chi connectivity index (χ4v) is 10.9. The molecule has 0 unspecified atom stereocenters. The van der Waals surface area contributed by atoms with Gasteiger partial charge in [0.2, 0.25) is 0 Å². The molecule has 4 aliphatic heterocycles. The van der Waals surface area contributed by atoms with Gasteiger partial charge < -0.3 is 43.3 Å². The number of phenolic OH excluding ortho intramolecular Hbond substituents is 1. The third-order valence-electron chi connectivity index (χ3n) is 13.5. The lowest BCUT2D eigenvalue weighted by Crippen LogP contribution is -2.51. The predicted molar refractivity (Wildman–Crippen MR) is 273 cm³/mol. The summed E-state index contributed by atoms with van der Waals surface area (Å²) in [4.78, 5) is 64.2. The quantitative estimate of drug-likeness (QED) is 0.0669. The molecule has 0 aliphatic carbocycles. The van der Waals surface area contributed by atoms with Gasteiger partial charge in [-0.15, -0.1) is 0 Å². The maximum Gasteiger partial charge on any atom is 0.257 e. The van der Waals surface area contributed by atoms with Crippen LogP contribution in [0.2, 0.25) is 51.4 Å². The van der Waals surface area contributed by atoms with Gasteiger partial charge in [-0.3, -0.25) is 29.0 Å². The molecule has 374 valence electrons. The van der Waals surface area contributed by atoms with Crippen LogP contribution < -0.4 is 28.7 Å². The summed E-state index contributed by atoms with van der Waals surface area (Å²) in [6.45, 7) is 15.8. The molecular formula is C53H68N4O11Si2. The van der Waals surface area contributed by atoms with Crippen molar-refractivity contribution in [1.29, 1.82) is 0 Å². The number of hydrogen-bond acceptors (Lipinski definition) is 11. The molecule has 2 atom stereocenters. The van der Waals surface area contributed by atoms with E-state index in [-0.39, 0.29) is 49.4 Å². The number of aromatic hydroxyl groups is 1. The second-order valence-corrected chi connectivity index (χ2v) is 32.3. The first-order valence-corrected chi connectivity index (χ1v) is 31.8. The van der Waals surface area contributed by atoms with Gasteiger partial charge in [-0.25, -0.2) is 0 Å². The van der Waals surface area contributed by atoms with E-state index in [0.29, 0.717) is 104 Å². The van der Waals surface area contributed by atoms with Crippen molar-refractivity contribution in [2.75, 3.05) is 63.9 Å². The Balaban J connectivity index is 0.949. The van der Waals surface area contributed by atoms with Crippen molar-refractivity contribution in [3.05, 3.63) is 100 Å². The number of anilines is 2. The first-order chi connectivity index (χ1) is 33.4. The summed E-state index contributed by atoms with van der Waals surface area (Å²) in [6, 6.07) is 20.2. The number of rotatable bonds is 20. The minimum Gasteiger partial charge on any atom is -0.508 e. The van der Waals surface area contributed by atoms with Crippen molar-refractivity contribution in [3.8, 4) is 28.7 Å². The Morgan fingerprint density at radius 2 is 1.00 bits per heavy atom. The number of carbonyl (C=O) groups excluding carboxylic acids is 4. The Morgan fingerprint density at radius 1 is 0.543 bits per heavy atom. The lowest BCUT2D eigenvalue weighted by molar-refractivity contribution is -0.125. The van der Waals surface area contributed by atoms with Gasteiger partial charge in [0.15, 0.2) is 23.0 Å². The second-order valence-electron chi connectivity index (χ2n) is 21.1. The van der Waals surface area contributed by atoms with E-state index in [4.69, 9.17) is 28.4 Å². The van der Waals surface area contributed by atoms with Crippen molar-refractivity contribution in [1.82, 2.24) is 9.80 Å². The van der Waals surface area contributed by atoms with Gasteiger partial charge >= 0.3 is 0 Å². The number of fused-ring (bicyclic) bond motifs is 6. The normalized spacial score (nSPS) is 17.7. The third kappa shape index (κ3) is 11.2. The molecular weight excluding hydrogens is 925 g/mol. The number of carbonyl (C=O) groups is 4. The van der Waals surface area contributed by atoms with Crippen molar-refractivity contribution in [2.45, 2.75) is 109 Å². The van der Waals surface area contributed by atoms with Crippen LogP contribution in [0.1, 0.15) is 62.2 Å². The van der Waals surface area contributed by atoms with Gasteiger partial charge in [-0.1, -0.05) is 69.6 Å². The van der Waals surface area contributed by atoms with E-state index in [2.05, 4.69) is 39.3 Å². The molecule has 0 bridgehead atoms. The summed E-state index contributed by atoms with van der Waals surface area (Å²) in [6.07, 6.45) is 2.76. The summed E-state index contributed by atoms with van der Waals surface area (Å²) in [5.41, 5.74) is 5.26. The first kappa shape index (κ1) is 50.5. The Hall–Kier alpha value is -5.89. The summed E-state index contributed by atoms with van der Waals surface area (Å²) >= 11 is 0. The first-order valence-electron chi connectivity index (χ1n) is 24.4. The summed E-state index contributed by atoms with van der Waals surface area (Å²) in [5, 5.41) is 10.2. The summed E-state index contributed by atoms with van der Waals surface area (Å²) < 4.78 is 36.6. The van der Waals surface area contributed by atoms with E-state index in [1.54, 1.807) is 56.0 Å². The Kier molecular flexibility index (Phi) is 15.3. The maximum absolute atomic E-state index is 14.5. The number of amides is 4. The SMILES string of the molecule is COc1cc2c(cc1OCCCCCOc1cc3c(cc1OC)C(=O)N1Cc4cc(O)ccc4C[C@H]1C(=O)N3COCC[Si](C)(C)C)N(COCC[Si](C)(C)C)C(=O)[C@@H]1Cc3ccccc3CN1C2=O. The average molecular weight is 993 g/mol. The summed E-state index contributed by atoms with van der Waals surface area (Å²) in [5.74, 6) is 0.652. The number of ether oxygens (including phenoxy) is 6. The molecule has 0 saturated heterocycles. The maximum atomic E-state index is 14.5. The molecule has 15 nitrogen and oxygen atoms in total. The van der Waals surface area contributed by atoms with Gasteiger partial charge in [-0.2, -0.15) is 0 Å². The van der Waals surface area contributed by atoms with Gasteiger partial charge in [0, 0.05) is 67.4 Å². The van der Waals surface area contributed by atoms with Crippen LogP contribution in [-0.4, -0.2) is 121 Å². The van der Waals surface area contributed by atoms with E-state index < -0.39 is 28.2 Å². The third-order valence-corrected chi connectivity index (χ3v) is 16.9. The fraction of sp³-hybridized carbons (Fsp3) is 0.472. The number of unbranched alkanes of at least 4 members (excludes halogenated alkanes) is 2. The highest BCUT2D eigenvalue weighted by atomic mass is 28.3. The van der Waals surface area contributed by atoms with Crippen LogP contribution in [0.5, 0.6) is 28.7 Å². The van der Waals surface area contributed by atoms with Crippen molar-refractivity contribution < 1.29 is 52.7 Å². The molecule has 4 aromatic carbocycles. The predicted octanol–water partition coefficient (Wildman–Crippen LogP) is 8.49. The number of hydrogen-bond donors (Lipinski definition) is 1. The van der Waals surface area contributed by atoms with Crippen LogP contribution in [0.4, 0.5) is 11.4 Å². The van der Waals surface area contributed by atoms with E-state index in [9.17, 15) is 24.3 Å². The number of benzene rings is 4. The molecule has 4 aliphatic rings. The highest BCUT2D eigenvalue weighted by Crippen LogP contribution is 2.43. The second kappa shape index (κ2) is 21.2. The lowest BCUT2D eigenvalue weighted by atomic mass is 9.93. The van der Waals surface area contributed by atoms with Crippen LogP contribution in [0.25, 0.3) is 0 Å². The van der Waals surface area contributed by atoms with Gasteiger partial charge in [0.25, 0.3) is 23.6 Å². The standard InChI is InChI=1S/C53H68N4O11Si2/c1-63-46-27-40-42(56(33-65-20-22-69(3,4)5)52(61)44-25-35-14-10-11-15-37(35)31-54(44)50(40)59)29-48(46)67-18-12-9-13-19-68-49-30-43-41(28-47(49)64-2)51(60)55-32-38-24-39(58)17-16-36(38)26-45(55)53(62)57(43)34-66-21-23-70(6,7)8/h10-11,14-17,24,27-30,44-45,58H,9,12-13,18-23,25-26,31-34H2,1-8H3/t44-,45-/m0/s1. The Labute approximate surface area is 413 Å². The van der Waals surface area contributed by atoms with Crippen LogP contribution >= 0.6 is 0 Å². The minimum absolute atomic E-state index is 0.00731. The van der Waals surface area contributed by atoms with Gasteiger partial charge in [0.05, 0.1) is 49.9 Å². The molecule has 0 fully saturated rings. The number of nitrogens with zero attached hydrogens (tertiary/aromatic N) is 4. The van der Waals surface area contributed by atoms with E-state index >= 15 is 0 Å². The van der Waals surface area contributed by atoms with Gasteiger partial charge in [0.1, 0.15) is 31.3 Å². The molecule has 0 radical (unpaired) electrons. The molecule has 70 heavy (non-hydrogen) atoms. The molecule has 4 amide bonds. The Morgan fingerprint density at radius 3 is 1.47 bits per heavy atom. The zero-order valence-corrected chi connectivity index (χ0v) is 43.9. The highest BCUT2D eigenvalue weighted by molar-refractivity contribution is 6.76. The van der Waals surface area contributed by atoms with Crippen LogP contribution in [-0.2, 0) is 45.0 Å². The highest BCUT2D eigenvalue weighted by Gasteiger charge is 2.45. The van der Waals surface area contributed by atoms with Crippen molar-refractivity contribution in [2.24, 2.45) is 0 Å². The largest absolute Gasteiger partial charge is 0.508 e. The van der Waals surface area contributed by atoms with Crippen LogP contribution in [0.3, 0.4) is 0 Å². The van der Waals surface area contributed by atoms with E-state index in [1.807, 2.05) is 30.3 Å². The minimum atomic E-state index is -1.42. The van der Waals surface area contributed by atoms with E-state index in [1.165, 1.54) is 14.2 Å². The van der Waals surface area contributed by atoms with Crippen LogP contribution in [0.15, 0.2) is 66.7 Å². The zero-order valence-electron chi connectivity index (χ0n) is 41.9. The number of methoxy groups -OCH3 is 2. The van der Waals surface area contributed by atoms with Crippen molar-refractivity contribution >= 4 is 51.2 Å². The van der Waals surface area contributed by atoms with Crippen molar-refractivity contribution in [3.63, 3.8) is 0 Å². The van der Waals surface area contributed by atoms with Crippen LogP contribution in [0, 0.1) is 0 Å². The molecule has 1 N–H and O–H groups in total. The smallest absolute Gasteiger partial charge is 0.257 e. The average Bonchev–Trinajstić information content (AvgIpc) is 3.45. The molecule has 0 spiro atoms. The monoisotopic (exact) mass is 992 g/mol. The van der Waals surface area contributed by atoms with E-state index in [0.717, 1.165) is 40.8 Å². The summed E-state index contributed by atoms with van der Waals surface area (Å²) in [7, 11) is 0.225. The molecule has 0 saturated carbocycles. The van der Waals surface area contributed by atoms with Gasteiger partial charge in [-0.05, 0) is 77.9 Å². The lowest BCUT2D eigenvalue weighted by Gasteiger charge is -2.35. The topological polar surface area (TPSA) is 157 Å². The molecule has 0 aromatic heterocycles. The Bertz CT molecular complexity index is 2610. The molecule has 17 heteroatoms.